The van der Waals surface area contributed by atoms with Crippen molar-refractivity contribution in [3.8, 4) is 5.75 Å². The van der Waals surface area contributed by atoms with E-state index >= 15 is 0 Å². The Labute approximate surface area is 93.6 Å². The quantitative estimate of drug-likeness (QED) is 0.607. The van der Waals surface area contributed by atoms with Gasteiger partial charge in [0.25, 0.3) is 0 Å². The first kappa shape index (κ1) is 10.4. The van der Waals surface area contributed by atoms with Crippen molar-refractivity contribution in [2.24, 2.45) is 5.73 Å². The summed E-state index contributed by atoms with van der Waals surface area (Å²) in [6, 6.07) is 9.50. The summed E-state index contributed by atoms with van der Waals surface area (Å²) in [6.07, 6.45) is 1.32. The smallest absolute Gasteiger partial charge is 0.152 e. The van der Waals surface area contributed by atoms with Crippen LogP contribution in [0.3, 0.4) is 0 Å². The van der Waals surface area contributed by atoms with E-state index in [1.54, 1.807) is 13.1 Å². The van der Waals surface area contributed by atoms with Crippen molar-refractivity contribution in [3.63, 3.8) is 0 Å². The molecule has 16 heavy (non-hydrogen) atoms. The van der Waals surface area contributed by atoms with Gasteiger partial charge in [-0.3, -0.25) is 10.4 Å². The molecule has 1 heterocycles. The number of rotatable bonds is 3. The molecule has 4 heteroatoms. The van der Waals surface area contributed by atoms with Crippen molar-refractivity contribution in [1.82, 2.24) is 4.98 Å². The predicted molar refractivity (Wildman–Crippen MR) is 63.7 cm³/mol. The van der Waals surface area contributed by atoms with E-state index in [0.29, 0.717) is 5.75 Å². The summed E-state index contributed by atoms with van der Waals surface area (Å²) in [5, 5.41) is 8.31. The minimum Gasteiger partial charge on any atom is -0.483 e. The summed E-state index contributed by atoms with van der Waals surface area (Å²) in [5.74, 6) is 0.690. The van der Waals surface area contributed by atoms with E-state index in [4.69, 9.17) is 15.9 Å². The highest BCUT2D eigenvalue weighted by Gasteiger charge is 2.07. The molecule has 0 spiro atoms. The van der Waals surface area contributed by atoms with Gasteiger partial charge in [-0.2, -0.15) is 0 Å². The maximum absolute atomic E-state index is 7.25. The first-order valence-electron chi connectivity index (χ1n) is 5.02. The summed E-state index contributed by atoms with van der Waals surface area (Å²) in [6.45, 7) is 1.74. The van der Waals surface area contributed by atoms with E-state index in [1.165, 1.54) is 0 Å². The highest BCUT2D eigenvalue weighted by atomic mass is 16.5. The fraction of sp³-hybridized carbons (Fsp3) is 0.167. The molecule has 0 fully saturated rings. The number of hydrogen-bond donors (Lipinski definition) is 2. The number of aromatic nitrogens is 1. The molecule has 1 atom stereocenters. The minimum absolute atomic E-state index is 0.0149. The summed E-state index contributed by atoms with van der Waals surface area (Å²) in [5.41, 5.74) is 6.21. The van der Waals surface area contributed by atoms with E-state index in [2.05, 4.69) is 4.98 Å². The molecule has 3 N–H and O–H groups in total. The van der Waals surface area contributed by atoms with Gasteiger partial charge in [0.05, 0.1) is 5.52 Å². The van der Waals surface area contributed by atoms with Crippen LogP contribution in [0.15, 0.2) is 36.5 Å². The zero-order valence-corrected chi connectivity index (χ0v) is 8.97. The molecule has 2 rings (SSSR count). The molecule has 1 aromatic heterocycles. The van der Waals surface area contributed by atoms with Crippen molar-refractivity contribution in [2.45, 2.75) is 13.0 Å². The topological polar surface area (TPSA) is 72.0 Å². The van der Waals surface area contributed by atoms with Gasteiger partial charge >= 0.3 is 0 Å². The maximum atomic E-state index is 7.25. The summed E-state index contributed by atoms with van der Waals surface area (Å²) >= 11 is 0. The van der Waals surface area contributed by atoms with Gasteiger partial charge < -0.3 is 10.5 Å². The summed E-state index contributed by atoms with van der Waals surface area (Å²) in [4.78, 5) is 4.23. The summed E-state index contributed by atoms with van der Waals surface area (Å²) in [7, 11) is 0. The number of benzene rings is 1. The zero-order valence-electron chi connectivity index (χ0n) is 8.97. The monoisotopic (exact) mass is 215 g/mol. The number of nitrogens with one attached hydrogen (secondary N) is 1. The van der Waals surface area contributed by atoms with E-state index < -0.39 is 6.10 Å². The molecular formula is C12H13N3O. The van der Waals surface area contributed by atoms with Gasteiger partial charge in [0.2, 0.25) is 0 Å². The number of ether oxygens (including phenoxy) is 1. The fourth-order valence-corrected chi connectivity index (χ4v) is 1.39. The maximum Gasteiger partial charge on any atom is 0.152 e. The fourth-order valence-electron chi connectivity index (χ4n) is 1.39. The van der Waals surface area contributed by atoms with Crippen LogP contribution in [0.1, 0.15) is 6.92 Å². The number of fused-ring (bicyclic) bond motifs is 1. The lowest BCUT2D eigenvalue weighted by atomic mass is 10.2. The number of nitrogens with two attached hydrogens (primary N) is 1. The molecule has 0 aliphatic carbocycles. The van der Waals surface area contributed by atoms with Crippen LogP contribution in [0.5, 0.6) is 5.75 Å². The molecule has 0 saturated heterocycles. The van der Waals surface area contributed by atoms with Crippen LogP contribution >= 0.6 is 0 Å². The van der Waals surface area contributed by atoms with E-state index in [1.807, 2.05) is 30.3 Å². The molecular weight excluding hydrogens is 202 g/mol. The molecule has 82 valence electrons. The lowest BCUT2D eigenvalue weighted by molar-refractivity contribution is 0.285. The van der Waals surface area contributed by atoms with Crippen LogP contribution in [0.4, 0.5) is 0 Å². The van der Waals surface area contributed by atoms with Crippen molar-refractivity contribution in [1.29, 1.82) is 5.41 Å². The molecule has 0 radical (unpaired) electrons. The van der Waals surface area contributed by atoms with E-state index in [-0.39, 0.29) is 5.84 Å². The van der Waals surface area contributed by atoms with Crippen LogP contribution in [-0.2, 0) is 0 Å². The Balaban J connectivity index is 2.29. The van der Waals surface area contributed by atoms with Gasteiger partial charge in [-0.05, 0) is 25.1 Å². The Bertz CT molecular complexity index is 524. The van der Waals surface area contributed by atoms with Gasteiger partial charge in [0, 0.05) is 17.6 Å². The van der Waals surface area contributed by atoms with Gasteiger partial charge in [-0.1, -0.05) is 6.07 Å². The highest BCUT2D eigenvalue weighted by molar-refractivity contribution is 5.82. The normalized spacial score (nSPS) is 12.3. The molecule has 0 aliphatic heterocycles. The lowest BCUT2D eigenvalue weighted by Gasteiger charge is -2.13. The van der Waals surface area contributed by atoms with Crippen molar-refractivity contribution in [3.05, 3.63) is 36.5 Å². The number of pyridine rings is 1. The predicted octanol–water partition coefficient (Wildman–Crippen LogP) is 1.94. The second-order valence-corrected chi connectivity index (χ2v) is 3.57. The first-order valence-corrected chi connectivity index (χ1v) is 5.02. The molecule has 2 aromatic rings. The van der Waals surface area contributed by atoms with Crippen LogP contribution in [-0.4, -0.2) is 16.9 Å². The van der Waals surface area contributed by atoms with Crippen LogP contribution < -0.4 is 10.5 Å². The third kappa shape index (κ3) is 2.11. The van der Waals surface area contributed by atoms with E-state index in [0.717, 1.165) is 10.9 Å². The molecule has 0 bridgehead atoms. The molecule has 4 nitrogen and oxygen atoms in total. The Morgan fingerprint density at radius 2 is 2.25 bits per heavy atom. The Hall–Kier alpha value is -2.10. The van der Waals surface area contributed by atoms with Crippen molar-refractivity contribution < 1.29 is 4.74 Å². The third-order valence-electron chi connectivity index (χ3n) is 2.33. The summed E-state index contributed by atoms with van der Waals surface area (Å²) < 4.78 is 5.49. The average Bonchev–Trinajstić information content (AvgIpc) is 2.28. The number of nitrogens with zero attached hydrogens (tertiary/aromatic N) is 1. The van der Waals surface area contributed by atoms with Gasteiger partial charge in [-0.15, -0.1) is 0 Å². The highest BCUT2D eigenvalue weighted by Crippen LogP contribution is 2.19. The van der Waals surface area contributed by atoms with Crippen molar-refractivity contribution in [2.75, 3.05) is 0 Å². The third-order valence-corrected chi connectivity index (χ3v) is 2.33. The molecule has 1 unspecified atom stereocenters. The zero-order chi connectivity index (χ0) is 11.5. The first-order chi connectivity index (χ1) is 7.66. The van der Waals surface area contributed by atoms with E-state index in [9.17, 15) is 0 Å². The Morgan fingerprint density at radius 3 is 3.00 bits per heavy atom. The molecule has 1 aromatic carbocycles. The van der Waals surface area contributed by atoms with Gasteiger partial charge in [0.1, 0.15) is 11.6 Å². The lowest BCUT2D eigenvalue weighted by Crippen LogP contribution is -2.29. The second-order valence-electron chi connectivity index (χ2n) is 3.57. The number of amidine groups is 1. The Kier molecular flexibility index (Phi) is 2.72. The molecule has 0 saturated carbocycles. The van der Waals surface area contributed by atoms with Gasteiger partial charge in [-0.25, -0.2) is 0 Å². The molecule has 0 amide bonds. The number of hydrogen-bond acceptors (Lipinski definition) is 3. The van der Waals surface area contributed by atoms with Crippen molar-refractivity contribution >= 4 is 16.7 Å². The average molecular weight is 215 g/mol. The SMILES string of the molecule is CC(Oc1ccc2cccnc2c1)C(=N)N. The molecule has 0 aliphatic rings. The largest absolute Gasteiger partial charge is 0.483 e. The standard InChI is InChI=1S/C12H13N3O/c1-8(12(13)14)16-10-5-4-9-3-2-6-15-11(9)7-10/h2-8H,1H3,(H3,13,14). The second kappa shape index (κ2) is 4.18. The Morgan fingerprint density at radius 1 is 1.44 bits per heavy atom. The van der Waals surface area contributed by atoms with Crippen LogP contribution in [0.25, 0.3) is 10.9 Å². The van der Waals surface area contributed by atoms with Gasteiger partial charge in [0.15, 0.2) is 6.10 Å². The van der Waals surface area contributed by atoms with Crippen LogP contribution in [0.2, 0.25) is 0 Å². The van der Waals surface area contributed by atoms with Crippen LogP contribution in [0, 0.1) is 5.41 Å². The minimum atomic E-state index is -0.416.